The van der Waals surface area contributed by atoms with E-state index >= 15 is 0 Å². The first kappa shape index (κ1) is 20.4. The fourth-order valence-electron chi connectivity index (χ4n) is 2.70. The highest BCUT2D eigenvalue weighted by molar-refractivity contribution is 7.98. The predicted octanol–water partition coefficient (Wildman–Crippen LogP) is 6.59. The smallest absolute Gasteiger partial charge is 0.219 e. The van der Waals surface area contributed by atoms with Crippen molar-refractivity contribution >= 4 is 11.8 Å². The second kappa shape index (κ2) is 9.71. The van der Waals surface area contributed by atoms with Gasteiger partial charge < -0.3 is 9.72 Å². The summed E-state index contributed by atoms with van der Waals surface area (Å²) in [6.45, 7) is 6.00. The number of pyridine rings is 1. The molecule has 0 saturated heterocycles. The Morgan fingerprint density at radius 2 is 1.69 bits per heavy atom. The number of para-hydroxylation sites is 1. The molecule has 6 heteroatoms. The molecule has 4 rings (SSSR count). The van der Waals surface area contributed by atoms with E-state index < -0.39 is 0 Å². The van der Waals surface area contributed by atoms with Gasteiger partial charge in [-0.05, 0) is 48.7 Å². The zero-order valence-electron chi connectivity index (χ0n) is 15.9. The minimum Gasteiger partial charge on any atom is -0.439 e. The first-order valence-electron chi connectivity index (χ1n) is 8.82. The zero-order chi connectivity index (χ0) is 20.6. The molecular weight excluding hydrogens is 385 g/mol. The van der Waals surface area contributed by atoms with E-state index in [9.17, 15) is 4.39 Å². The number of ether oxygens (including phenoxy) is 1. The Balaban J connectivity index is 0.00000117. The van der Waals surface area contributed by atoms with Gasteiger partial charge in [-0.3, -0.25) is 0 Å². The van der Waals surface area contributed by atoms with Gasteiger partial charge in [-0.1, -0.05) is 30.0 Å². The maximum atomic E-state index is 13.3. The Morgan fingerprint density at radius 1 is 0.966 bits per heavy atom. The minimum atomic E-state index is -0.271. The van der Waals surface area contributed by atoms with Crippen molar-refractivity contribution in [3.8, 4) is 34.1 Å². The van der Waals surface area contributed by atoms with E-state index in [4.69, 9.17) is 4.74 Å². The number of imidazole rings is 1. The van der Waals surface area contributed by atoms with Crippen LogP contribution in [0.25, 0.3) is 22.5 Å². The molecule has 2 aromatic heterocycles. The summed E-state index contributed by atoms with van der Waals surface area (Å²) in [5.74, 6) is 0.928. The summed E-state index contributed by atoms with van der Waals surface area (Å²) in [4.78, 5) is 12.3. The largest absolute Gasteiger partial charge is 0.439 e. The lowest BCUT2D eigenvalue weighted by molar-refractivity contribution is 0.463. The van der Waals surface area contributed by atoms with E-state index in [0.717, 1.165) is 27.7 Å². The van der Waals surface area contributed by atoms with Gasteiger partial charge in [0.05, 0.1) is 11.4 Å². The van der Waals surface area contributed by atoms with Gasteiger partial charge >= 0.3 is 0 Å². The first-order valence-corrected chi connectivity index (χ1v) is 10.0. The van der Waals surface area contributed by atoms with E-state index in [0.29, 0.717) is 11.6 Å². The van der Waals surface area contributed by atoms with Crippen LogP contribution in [0.4, 0.5) is 4.39 Å². The van der Waals surface area contributed by atoms with Gasteiger partial charge in [0.2, 0.25) is 5.88 Å². The summed E-state index contributed by atoms with van der Waals surface area (Å²) >= 11 is 1.52. The third-order valence-electron chi connectivity index (χ3n) is 3.98. The number of nitrogens with one attached hydrogen (secondary N) is 1. The number of benzene rings is 2. The quantitative estimate of drug-likeness (QED) is 0.300. The van der Waals surface area contributed by atoms with Crippen molar-refractivity contribution in [2.75, 3.05) is 6.26 Å². The number of H-pyrrole nitrogens is 1. The van der Waals surface area contributed by atoms with Crippen molar-refractivity contribution < 1.29 is 9.13 Å². The van der Waals surface area contributed by atoms with Crippen LogP contribution in [0.1, 0.15) is 0 Å². The van der Waals surface area contributed by atoms with Crippen molar-refractivity contribution in [1.82, 2.24) is 15.0 Å². The Kier molecular flexibility index (Phi) is 6.81. The number of rotatable bonds is 5. The topological polar surface area (TPSA) is 50.8 Å². The lowest BCUT2D eigenvalue weighted by atomic mass is 10.1. The van der Waals surface area contributed by atoms with Gasteiger partial charge in [-0.25, -0.2) is 14.4 Å². The average molecular weight is 405 g/mol. The zero-order valence-corrected chi connectivity index (χ0v) is 16.7. The average Bonchev–Trinajstić information content (AvgIpc) is 3.21. The fourth-order valence-corrected chi connectivity index (χ4v) is 3.09. The Morgan fingerprint density at radius 3 is 2.38 bits per heavy atom. The first-order chi connectivity index (χ1) is 14.2. The molecule has 4 nitrogen and oxygen atoms in total. The third-order valence-corrected chi connectivity index (χ3v) is 4.56. The number of nitrogens with zero attached hydrogens (tertiary/aromatic N) is 2. The lowest BCUT2D eigenvalue weighted by Gasteiger charge is -2.07. The van der Waals surface area contributed by atoms with E-state index in [2.05, 4.69) is 28.1 Å². The highest BCUT2D eigenvalue weighted by Crippen LogP contribution is 2.33. The molecule has 0 aliphatic carbocycles. The Bertz CT molecular complexity index is 1070. The summed E-state index contributed by atoms with van der Waals surface area (Å²) in [6, 6.07) is 19.6. The molecule has 0 bridgehead atoms. The van der Waals surface area contributed by atoms with Crippen LogP contribution in [0.15, 0.2) is 91.2 Å². The van der Waals surface area contributed by atoms with Gasteiger partial charge in [0, 0.05) is 23.4 Å². The van der Waals surface area contributed by atoms with Gasteiger partial charge in [0.15, 0.2) is 5.16 Å². The number of hydrogen-bond acceptors (Lipinski definition) is 4. The van der Waals surface area contributed by atoms with Crippen LogP contribution < -0.4 is 4.74 Å². The van der Waals surface area contributed by atoms with Gasteiger partial charge in [-0.15, -0.1) is 13.2 Å². The molecule has 0 amide bonds. The van der Waals surface area contributed by atoms with Gasteiger partial charge in [0.25, 0.3) is 0 Å². The Labute approximate surface area is 173 Å². The molecule has 29 heavy (non-hydrogen) atoms. The fraction of sp³-hybridized carbons (Fsp3) is 0.0435. The van der Waals surface area contributed by atoms with Crippen molar-refractivity contribution in [2.45, 2.75) is 5.16 Å². The summed E-state index contributed by atoms with van der Waals surface area (Å²) in [7, 11) is 0. The van der Waals surface area contributed by atoms with E-state index in [-0.39, 0.29) is 5.82 Å². The minimum absolute atomic E-state index is 0.271. The molecule has 0 aliphatic heterocycles. The maximum absolute atomic E-state index is 13.3. The highest BCUT2D eigenvalue weighted by atomic mass is 32.2. The van der Waals surface area contributed by atoms with E-state index in [1.807, 2.05) is 48.7 Å². The standard InChI is InChI=1S/C21H16FN3OS.C2H4/c1-27-21-24-19(14-7-9-16(22)10-8-14)20(25-21)15-11-12-23-18(13-15)26-17-5-3-2-4-6-17;1-2/h2-13H,1H3,(H,24,25);1-2H2. The molecule has 2 aromatic carbocycles. The summed E-state index contributed by atoms with van der Waals surface area (Å²) in [5, 5.41) is 0.784. The predicted molar refractivity (Wildman–Crippen MR) is 117 cm³/mol. The molecule has 4 aromatic rings. The maximum Gasteiger partial charge on any atom is 0.219 e. The summed E-state index contributed by atoms with van der Waals surface area (Å²) in [5.41, 5.74) is 3.33. The number of aromatic amines is 1. The molecule has 0 fully saturated rings. The monoisotopic (exact) mass is 405 g/mol. The molecule has 2 heterocycles. The van der Waals surface area contributed by atoms with Crippen LogP contribution >= 0.6 is 11.8 Å². The number of halogens is 1. The highest BCUT2D eigenvalue weighted by Gasteiger charge is 2.15. The SMILES string of the molecule is C=C.CSc1nc(-c2ccnc(Oc3ccccc3)c2)c(-c2ccc(F)cc2)[nH]1. The molecule has 0 aliphatic rings. The van der Waals surface area contributed by atoms with Crippen molar-refractivity contribution in [3.63, 3.8) is 0 Å². The lowest BCUT2D eigenvalue weighted by Crippen LogP contribution is -1.90. The Hall–Kier alpha value is -3.38. The number of hydrogen-bond donors (Lipinski definition) is 1. The van der Waals surface area contributed by atoms with Crippen molar-refractivity contribution in [2.24, 2.45) is 0 Å². The van der Waals surface area contributed by atoms with Crippen LogP contribution in [-0.4, -0.2) is 21.2 Å². The molecule has 0 saturated carbocycles. The van der Waals surface area contributed by atoms with Crippen molar-refractivity contribution in [3.05, 3.63) is 91.9 Å². The summed E-state index contributed by atoms with van der Waals surface area (Å²) < 4.78 is 19.1. The molecule has 146 valence electrons. The molecular formula is C23H20FN3OS. The van der Waals surface area contributed by atoms with Crippen LogP contribution in [0.5, 0.6) is 11.6 Å². The molecule has 0 spiro atoms. The van der Waals surface area contributed by atoms with Gasteiger partial charge in [0.1, 0.15) is 11.6 Å². The van der Waals surface area contributed by atoms with E-state index in [1.165, 1.54) is 23.9 Å². The molecule has 0 radical (unpaired) electrons. The number of aromatic nitrogens is 3. The van der Waals surface area contributed by atoms with E-state index in [1.54, 1.807) is 18.3 Å². The van der Waals surface area contributed by atoms with Gasteiger partial charge in [-0.2, -0.15) is 0 Å². The second-order valence-electron chi connectivity index (χ2n) is 5.77. The molecule has 1 N–H and O–H groups in total. The third kappa shape index (κ3) is 4.92. The normalized spacial score (nSPS) is 10.1. The van der Waals surface area contributed by atoms with Crippen LogP contribution in [0, 0.1) is 5.82 Å². The van der Waals surface area contributed by atoms with Crippen LogP contribution in [0.2, 0.25) is 0 Å². The second-order valence-corrected chi connectivity index (χ2v) is 6.57. The van der Waals surface area contributed by atoms with Crippen LogP contribution in [0.3, 0.4) is 0 Å². The molecule has 0 unspecified atom stereocenters. The number of thioether (sulfide) groups is 1. The molecule has 0 atom stereocenters. The van der Waals surface area contributed by atoms with Crippen molar-refractivity contribution in [1.29, 1.82) is 0 Å². The van der Waals surface area contributed by atoms with Crippen LogP contribution in [-0.2, 0) is 0 Å². The summed E-state index contributed by atoms with van der Waals surface area (Å²) in [6.07, 6.45) is 3.64.